The average Bonchev–Trinajstić information content (AvgIpc) is 2.45. The van der Waals surface area contributed by atoms with E-state index < -0.39 is 0 Å². The molecular weight excluding hydrogens is 322 g/mol. The van der Waals surface area contributed by atoms with E-state index in [1.54, 1.807) is 23.1 Å². The van der Waals surface area contributed by atoms with Crippen LogP contribution >= 0.6 is 15.9 Å². The number of carbonyl (C=O) groups is 2. The van der Waals surface area contributed by atoms with Crippen molar-refractivity contribution in [2.45, 2.75) is 0 Å². The first-order chi connectivity index (χ1) is 9.56. The summed E-state index contributed by atoms with van der Waals surface area (Å²) < 4.78 is 0.843. The van der Waals surface area contributed by atoms with Crippen LogP contribution < -0.4 is 5.32 Å². The number of hydrogen-bond acceptors (Lipinski definition) is 3. The van der Waals surface area contributed by atoms with Gasteiger partial charge in [-0.25, -0.2) is 0 Å². The van der Waals surface area contributed by atoms with Gasteiger partial charge in [0, 0.05) is 36.2 Å². The first-order valence-electron chi connectivity index (χ1n) is 6.56. The molecule has 1 heterocycles. The van der Waals surface area contributed by atoms with Gasteiger partial charge in [0.25, 0.3) is 5.91 Å². The Balaban J connectivity index is 1.82. The van der Waals surface area contributed by atoms with E-state index in [1.807, 2.05) is 13.1 Å². The summed E-state index contributed by atoms with van der Waals surface area (Å²) in [4.78, 5) is 27.9. The number of halogens is 1. The number of carbonyl (C=O) groups excluding carboxylic acids is 2. The first kappa shape index (κ1) is 15.0. The van der Waals surface area contributed by atoms with Crippen LogP contribution in [0.4, 0.5) is 0 Å². The normalized spacial score (nSPS) is 16.0. The predicted molar refractivity (Wildman–Crippen MR) is 80.6 cm³/mol. The number of nitrogens with zero attached hydrogens (tertiary/aromatic N) is 2. The maximum absolute atomic E-state index is 12.0. The highest BCUT2D eigenvalue weighted by Crippen LogP contribution is 2.11. The van der Waals surface area contributed by atoms with Crippen LogP contribution in [-0.4, -0.2) is 61.4 Å². The van der Waals surface area contributed by atoms with Crippen LogP contribution in [0.2, 0.25) is 0 Å². The lowest BCUT2D eigenvalue weighted by atomic mass is 10.2. The number of piperazine rings is 1. The second-order valence-electron chi connectivity index (χ2n) is 4.88. The van der Waals surface area contributed by atoms with Gasteiger partial charge < -0.3 is 15.1 Å². The zero-order valence-electron chi connectivity index (χ0n) is 11.4. The molecule has 1 aliphatic rings. The largest absolute Gasteiger partial charge is 0.343 e. The van der Waals surface area contributed by atoms with E-state index >= 15 is 0 Å². The second-order valence-corrected chi connectivity index (χ2v) is 5.79. The van der Waals surface area contributed by atoms with Crippen molar-refractivity contribution in [3.05, 3.63) is 34.3 Å². The van der Waals surface area contributed by atoms with E-state index in [9.17, 15) is 9.59 Å². The fourth-order valence-corrected chi connectivity index (χ4v) is 2.45. The van der Waals surface area contributed by atoms with Gasteiger partial charge in [0.05, 0.1) is 6.54 Å². The van der Waals surface area contributed by atoms with Crippen molar-refractivity contribution in [1.29, 1.82) is 0 Å². The maximum atomic E-state index is 12.0. The molecule has 0 unspecified atom stereocenters. The number of rotatable bonds is 3. The minimum atomic E-state index is -0.228. The first-order valence-corrected chi connectivity index (χ1v) is 7.35. The molecule has 0 bridgehead atoms. The molecule has 0 aromatic heterocycles. The van der Waals surface area contributed by atoms with Crippen LogP contribution in [0, 0.1) is 0 Å². The fraction of sp³-hybridized carbons (Fsp3) is 0.429. The molecule has 1 aliphatic heterocycles. The van der Waals surface area contributed by atoms with Crippen LogP contribution in [0.15, 0.2) is 28.7 Å². The number of nitrogens with one attached hydrogen (secondary N) is 1. The summed E-state index contributed by atoms with van der Waals surface area (Å²) >= 11 is 3.32. The molecular formula is C14H18BrN3O2. The Morgan fingerprint density at radius 3 is 2.60 bits per heavy atom. The Bertz CT molecular complexity index is 499. The summed E-state index contributed by atoms with van der Waals surface area (Å²) in [6, 6.07) is 7.10. The van der Waals surface area contributed by atoms with Gasteiger partial charge in [-0.15, -0.1) is 0 Å². The Labute approximate surface area is 127 Å². The second kappa shape index (κ2) is 6.85. The smallest absolute Gasteiger partial charge is 0.251 e. The van der Waals surface area contributed by atoms with E-state index in [1.165, 1.54) is 0 Å². The summed E-state index contributed by atoms with van der Waals surface area (Å²) in [5, 5.41) is 2.67. The molecule has 20 heavy (non-hydrogen) atoms. The highest BCUT2D eigenvalue weighted by Gasteiger charge is 2.19. The third-order valence-electron chi connectivity index (χ3n) is 3.34. The minimum Gasteiger partial charge on any atom is -0.343 e. The zero-order chi connectivity index (χ0) is 14.5. The molecule has 6 heteroatoms. The Kier molecular flexibility index (Phi) is 5.14. The van der Waals surface area contributed by atoms with Crippen LogP contribution in [0.5, 0.6) is 0 Å². The van der Waals surface area contributed by atoms with Gasteiger partial charge in [-0.05, 0) is 25.2 Å². The van der Waals surface area contributed by atoms with Crippen LogP contribution in [0.1, 0.15) is 10.4 Å². The summed E-state index contributed by atoms with van der Waals surface area (Å²) in [5.74, 6) is -0.254. The minimum absolute atomic E-state index is 0.0264. The predicted octanol–water partition coefficient (Wildman–Crippen LogP) is 0.953. The molecule has 0 radical (unpaired) electrons. The lowest BCUT2D eigenvalue weighted by Gasteiger charge is -2.32. The molecule has 0 saturated carbocycles. The number of benzene rings is 1. The van der Waals surface area contributed by atoms with Crippen LogP contribution in [0.25, 0.3) is 0 Å². The maximum Gasteiger partial charge on any atom is 0.251 e. The monoisotopic (exact) mass is 339 g/mol. The van der Waals surface area contributed by atoms with Crippen molar-refractivity contribution in [2.75, 3.05) is 39.8 Å². The van der Waals surface area contributed by atoms with Gasteiger partial charge in [0.2, 0.25) is 5.91 Å². The van der Waals surface area contributed by atoms with Gasteiger partial charge in [-0.3, -0.25) is 9.59 Å². The quantitative estimate of drug-likeness (QED) is 0.892. The van der Waals surface area contributed by atoms with Crippen molar-refractivity contribution in [1.82, 2.24) is 15.1 Å². The van der Waals surface area contributed by atoms with Gasteiger partial charge in [-0.2, -0.15) is 0 Å². The van der Waals surface area contributed by atoms with E-state index in [-0.39, 0.29) is 18.4 Å². The van der Waals surface area contributed by atoms with Crippen molar-refractivity contribution >= 4 is 27.7 Å². The third kappa shape index (κ3) is 4.05. The van der Waals surface area contributed by atoms with E-state index in [2.05, 4.69) is 26.1 Å². The fourth-order valence-electron chi connectivity index (χ4n) is 2.06. The standard InChI is InChI=1S/C14H18BrN3O2/c1-17-5-7-18(8-6-17)13(19)10-16-14(20)11-3-2-4-12(15)9-11/h2-4,9H,5-8,10H2,1H3,(H,16,20). The summed E-state index contributed by atoms with van der Waals surface area (Å²) in [5.41, 5.74) is 0.547. The van der Waals surface area contributed by atoms with E-state index in [4.69, 9.17) is 0 Å². The zero-order valence-corrected chi connectivity index (χ0v) is 13.0. The number of amides is 2. The molecule has 0 aliphatic carbocycles. The Morgan fingerprint density at radius 1 is 1.25 bits per heavy atom. The average molecular weight is 340 g/mol. The van der Waals surface area contributed by atoms with Crippen molar-refractivity contribution in [3.63, 3.8) is 0 Å². The molecule has 1 N–H and O–H groups in total. The molecule has 5 nitrogen and oxygen atoms in total. The number of hydrogen-bond donors (Lipinski definition) is 1. The van der Waals surface area contributed by atoms with Crippen LogP contribution in [0.3, 0.4) is 0 Å². The molecule has 108 valence electrons. The molecule has 1 fully saturated rings. The van der Waals surface area contributed by atoms with Crippen molar-refractivity contribution in [2.24, 2.45) is 0 Å². The molecule has 1 saturated heterocycles. The third-order valence-corrected chi connectivity index (χ3v) is 3.84. The summed E-state index contributed by atoms with van der Waals surface area (Å²) in [6.45, 7) is 3.26. The van der Waals surface area contributed by atoms with E-state index in [0.717, 1.165) is 30.7 Å². The van der Waals surface area contributed by atoms with Crippen LogP contribution in [-0.2, 0) is 4.79 Å². The van der Waals surface area contributed by atoms with Crippen molar-refractivity contribution < 1.29 is 9.59 Å². The molecule has 1 aromatic rings. The van der Waals surface area contributed by atoms with Gasteiger partial charge in [-0.1, -0.05) is 22.0 Å². The lowest BCUT2D eigenvalue weighted by Crippen LogP contribution is -2.50. The van der Waals surface area contributed by atoms with Crippen molar-refractivity contribution in [3.8, 4) is 0 Å². The topological polar surface area (TPSA) is 52.6 Å². The summed E-state index contributed by atoms with van der Waals surface area (Å²) in [6.07, 6.45) is 0. The van der Waals surface area contributed by atoms with Gasteiger partial charge in [0.1, 0.15) is 0 Å². The SMILES string of the molecule is CN1CCN(C(=O)CNC(=O)c2cccc(Br)c2)CC1. The summed E-state index contributed by atoms with van der Waals surface area (Å²) in [7, 11) is 2.04. The highest BCUT2D eigenvalue weighted by atomic mass is 79.9. The number of likely N-dealkylation sites (N-methyl/N-ethyl adjacent to an activating group) is 1. The van der Waals surface area contributed by atoms with Gasteiger partial charge in [0.15, 0.2) is 0 Å². The molecule has 0 spiro atoms. The molecule has 1 aromatic carbocycles. The lowest BCUT2D eigenvalue weighted by molar-refractivity contribution is -0.131. The Hall–Kier alpha value is -1.40. The molecule has 2 amide bonds. The molecule has 2 rings (SSSR count). The Morgan fingerprint density at radius 2 is 1.95 bits per heavy atom. The van der Waals surface area contributed by atoms with Gasteiger partial charge >= 0.3 is 0 Å². The molecule has 0 atom stereocenters. The highest BCUT2D eigenvalue weighted by molar-refractivity contribution is 9.10. The van der Waals surface area contributed by atoms with E-state index in [0.29, 0.717) is 5.56 Å².